The molecule has 0 spiro atoms. The van der Waals surface area contributed by atoms with E-state index in [9.17, 15) is 0 Å². The minimum absolute atomic E-state index is 0.512. The average molecular weight is 224 g/mol. The van der Waals surface area contributed by atoms with Crippen LogP contribution >= 0.6 is 0 Å². The molecule has 84 valence electrons. The number of nitrogens with two attached hydrogens (primary N) is 1. The SMILES string of the molecule is NCc1cccn2c(-c3ccccn3)ncc12. The first kappa shape index (κ1) is 9.99. The summed E-state index contributed by atoms with van der Waals surface area (Å²) in [5, 5.41) is 0. The maximum Gasteiger partial charge on any atom is 0.163 e. The second-order valence-electron chi connectivity index (χ2n) is 3.79. The minimum Gasteiger partial charge on any atom is -0.326 e. The molecular formula is C13H12N4. The van der Waals surface area contributed by atoms with E-state index < -0.39 is 0 Å². The van der Waals surface area contributed by atoms with Crippen LogP contribution in [0.5, 0.6) is 0 Å². The van der Waals surface area contributed by atoms with Crippen LogP contribution in [0.15, 0.2) is 48.9 Å². The van der Waals surface area contributed by atoms with Gasteiger partial charge in [-0.2, -0.15) is 0 Å². The molecule has 17 heavy (non-hydrogen) atoms. The molecule has 0 fully saturated rings. The number of fused-ring (bicyclic) bond motifs is 1. The lowest BCUT2D eigenvalue weighted by atomic mass is 10.2. The quantitative estimate of drug-likeness (QED) is 0.722. The molecule has 3 rings (SSSR count). The fourth-order valence-corrected chi connectivity index (χ4v) is 1.94. The van der Waals surface area contributed by atoms with Gasteiger partial charge in [0, 0.05) is 18.9 Å². The molecular weight excluding hydrogens is 212 g/mol. The third-order valence-corrected chi connectivity index (χ3v) is 2.77. The van der Waals surface area contributed by atoms with Crippen molar-refractivity contribution in [2.24, 2.45) is 5.73 Å². The van der Waals surface area contributed by atoms with Crippen LogP contribution in [0.4, 0.5) is 0 Å². The van der Waals surface area contributed by atoms with Gasteiger partial charge in [-0.1, -0.05) is 12.1 Å². The van der Waals surface area contributed by atoms with Gasteiger partial charge in [-0.25, -0.2) is 4.98 Å². The van der Waals surface area contributed by atoms with Crippen LogP contribution in [0, 0.1) is 0 Å². The number of aromatic nitrogens is 3. The van der Waals surface area contributed by atoms with E-state index in [4.69, 9.17) is 5.73 Å². The molecule has 3 heterocycles. The smallest absolute Gasteiger partial charge is 0.163 e. The summed E-state index contributed by atoms with van der Waals surface area (Å²) in [6, 6.07) is 9.78. The summed E-state index contributed by atoms with van der Waals surface area (Å²) in [6.45, 7) is 0.512. The Bertz CT molecular complexity index is 643. The fraction of sp³-hybridized carbons (Fsp3) is 0.0769. The van der Waals surface area contributed by atoms with Crippen molar-refractivity contribution in [2.45, 2.75) is 6.54 Å². The molecule has 0 bridgehead atoms. The van der Waals surface area contributed by atoms with E-state index in [-0.39, 0.29) is 0 Å². The van der Waals surface area contributed by atoms with Gasteiger partial charge in [0.05, 0.1) is 11.7 Å². The van der Waals surface area contributed by atoms with Crippen LogP contribution in [-0.4, -0.2) is 14.4 Å². The maximum atomic E-state index is 5.71. The van der Waals surface area contributed by atoms with Gasteiger partial charge in [0.2, 0.25) is 0 Å². The Labute approximate surface area is 98.8 Å². The number of imidazole rings is 1. The third kappa shape index (κ3) is 1.59. The highest BCUT2D eigenvalue weighted by Gasteiger charge is 2.08. The Kier molecular flexibility index (Phi) is 2.34. The highest BCUT2D eigenvalue weighted by Crippen LogP contribution is 2.19. The van der Waals surface area contributed by atoms with Crippen LogP contribution < -0.4 is 5.73 Å². The second-order valence-corrected chi connectivity index (χ2v) is 3.79. The number of nitrogens with zero attached hydrogens (tertiary/aromatic N) is 3. The number of hydrogen-bond donors (Lipinski definition) is 1. The number of rotatable bonds is 2. The fourth-order valence-electron chi connectivity index (χ4n) is 1.94. The van der Waals surface area contributed by atoms with Crippen molar-refractivity contribution in [3.8, 4) is 11.5 Å². The van der Waals surface area contributed by atoms with E-state index in [1.165, 1.54) is 0 Å². The third-order valence-electron chi connectivity index (χ3n) is 2.77. The van der Waals surface area contributed by atoms with Gasteiger partial charge >= 0.3 is 0 Å². The predicted molar refractivity (Wildman–Crippen MR) is 66.3 cm³/mol. The molecule has 0 unspecified atom stereocenters. The molecule has 3 aromatic rings. The summed E-state index contributed by atoms with van der Waals surface area (Å²) in [4.78, 5) is 8.73. The monoisotopic (exact) mass is 224 g/mol. The number of hydrogen-bond acceptors (Lipinski definition) is 3. The zero-order valence-electron chi connectivity index (χ0n) is 9.24. The molecule has 0 aliphatic carbocycles. The maximum absolute atomic E-state index is 5.71. The van der Waals surface area contributed by atoms with E-state index in [1.807, 2.05) is 47.1 Å². The molecule has 0 saturated carbocycles. The molecule has 3 aromatic heterocycles. The summed E-state index contributed by atoms with van der Waals surface area (Å²) in [5.74, 6) is 0.843. The van der Waals surface area contributed by atoms with E-state index in [1.54, 1.807) is 6.20 Å². The Morgan fingerprint density at radius 1 is 1.12 bits per heavy atom. The van der Waals surface area contributed by atoms with Crippen LogP contribution in [0.3, 0.4) is 0 Å². The zero-order valence-corrected chi connectivity index (χ0v) is 9.24. The molecule has 2 N–H and O–H groups in total. The van der Waals surface area contributed by atoms with Gasteiger partial charge in [-0.05, 0) is 23.8 Å². The van der Waals surface area contributed by atoms with Crippen LogP contribution in [0.1, 0.15) is 5.56 Å². The molecule has 4 heteroatoms. The van der Waals surface area contributed by atoms with E-state index in [0.29, 0.717) is 6.54 Å². The van der Waals surface area contributed by atoms with Gasteiger partial charge in [0.1, 0.15) is 5.69 Å². The van der Waals surface area contributed by atoms with Crippen molar-refractivity contribution in [1.29, 1.82) is 0 Å². The molecule has 0 saturated heterocycles. The molecule has 0 aliphatic rings. The Morgan fingerprint density at radius 2 is 2.06 bits per heavy atom. The Hall–Kier alpha value is -2.20. The van der Waals surface area contributed by atoms with Gasteiger partial charge in [-0.3, -0.25) is 9.38 Å². The molecule has 0 aliphatic heterocycles. The lowest BCUT2D eigenvalue weighted by Crippen LogP contribution is -1.99. The van der Waals surface area contributed by atoms with Gasteiger partial charge in [0.15, 0.2) is 5.82 Å². The Balaban J connectivity index is 2.26. The topological polar surface area (TPSA) is 56.2 Å². The summed E-state index contributed by atoms with van der Waals surface area (Å²) >= 11 is 0. The standard InChI is InChI=1S/C13H12N4/c14-8-10-4-3-7-17-12(10)9-16-13(17)11-5-1-2-6-15-11/h1-7,9H,8,14H2. The number of pyridine rings is 2. The van der Waals surface area contributed by atoms with E-state index in [2.05, 4.69) is 9.97 Å². The molecule has 0 amide bonds. The van der Waals surface area contributed by atoms with Crippen LogP contribution in [0.2, 0.25) is 0 Å². The normalized spacial score (nSPS) is 10.9. The van der Waals surface area contributed by atoms with Crippen LogP contribution in [-0.2, 0) is 6.54 Å². The Morgan fingerprint density at radius 3 is 2.82 bits per heavy atom. The van der Waals surface area contributed by atoms with E-state index >= 15 is 0 Å². The lowest BCUT2D eigenvalue weighted by molar-refractivity contribution is 1.05. The highest BCUT2D eigenvalue weighted by molar-refractivity contribution is 5.62. The van der Waals surface area contributed by atoms with Crippen molar-refractivity contribution in [1.82, 2.24) is 14.4 Å². The first-order valence-corrected chi connectivity index (χ1v) is 5.46. The van der Waals surface area contributed by atoms with Gasteiger partial charge in [-0.15, -0.1) is 0 Å². The van der Waals surface area contributed by atoms with Crippen molar-refractivity contribution in [3.63, 3.8) is 0 Å². The average Bonchev–Trinajstić information content (AvgIpc) is 2.83. The molecule has 0 radical (unpaired) electrons. The van der Waals surface area contributed by atoms with Crippen LogP contribution in [0.25, 0.3) is 17.0 Å². The zero-order chi connectivity index (χ0) is 11.7. The summed E-state index contributed by atoms with van der Waals surface area (Å²) in [7, 11) is 0. The predicted octanol–water partition coefficient (Wildman–Crippen LogP) is 1.85. The minimum atomic E-state index is 0.512. The summed E-state index contributed by atoms with van der Waals surface area (Å²) < 4.78 is 2.02. The lowest BCUT2D eigenvalue weighted by Gasteiger charge is -2.03. The van der Waals surface area contributed by atoms with Crippen molar-refractivity contribution in [2.75, 3.05) is 0 Å². The summed E-state index contributed by atoms with van der Waals surface area (Å²) in [6.07, 6.45) is 5.58. The van der Waals surface area contributed by atoms with E-state index in [0.717, 1.165) is 22.6 Å². The summed E-state index contributed by atoms with van der Waals surface area (Å²) in [5.41, 5.74) is 8.69. The highest BCUT2D eigenvalue weighted by atomic mass is 15.0. The molecule has 0 aromatic carbocycles. The van der Waals surface area contributed by atoms with Crippen molar-refractivity contribution < 1.29 is 0 Å². The molecule has 0 atom stereocenters. The molecule has 4 nitrogen and oxygen atoms in total. The second kappa shape index (κ2) is 3.99. The first-order valence-electron chi connectivity index (χ1n) is 5.46. The van der Waals surface area contributed by atoms with Crippen molar-refractivity contribution >= 4 is 5.52 Å². The van der Waals surface area contributed by atoms with Gasteiger partial charge in [0.25, 0.3) is 0 Å². The van der Waals surface area contributed by atoms with Gasteiger partial charge < -0.3 is 5.73 Å². The largest absolute Gasteiger partial charge is 0.326 e. The van der Waals surface area contributed by atoms with Crippen molar-refractivity contribution in [3.05, 3.63) is 54.5 Å². The first-order chi connectivity index (χ1) is 8.40.